The molecule has 0 aromatic rings. The van der Waals surface area contributed by atoms with E-state index in [9.17, 15) is 18.4 Å². The molecule has 0 saturated carbocycles. The topological polar surface area (TPSA) is 108 Å². The van der Waals surface area contributed by atoms with Crippen molar-refractivity contribution in [2.45, 2.75) is 35.5 Å². The van der Waals surface area contributed by atoms with Crippen LogP contribution in [0.1, 0.15) is 12.8 Å². The largest absolute Gasteiger partial charge is 0.760 e. The molecule has 20 heavy (non-hydrogen) atoms. The molecule has 5 atom stereocenters. The highest BCUT2D eigenvalue weighted by atomic mass is 32.2. The van der Waals surface area contributed by atoms with Gasteiger partial charge in [-0.05, 0) is 18.9 Å². The highest BCUT2D eigenvalue weighted by Crippen LogP contribution is 2.47. The summed E-state index contributed by atoms with van der Waals surface area (Å²) >= 11 is -0.749. The second-order valence-corrected chi connectivity index (χ2v) is 6.73. The zero-order valence-corrected chi connectivity index (χ0v) is 12.2. The smallest absolute Gasteiger partial charge is 0.325 e. The van der Waals surface area contributed by atoms with Crippen LogP contribution in [0, 0.1) is 0 Å². The van der Waals surface area contributed by atoms with Gasteiger partial charge in [0.05, 0.1) is 6.04 Å². The normalized spacial score (nSPS) is 32.6. The van der Waals surface area contributed by atoms with Crippen molar-refractivity contribution in [3.63, 3.8) is 0 Å². The molecule has 2 rings (SSSR count). The van der Waals surface area contributed by atoms with Gasteiger partial charge in [0.15, 0.2) is 0 Å². The molecule has 9 heteroatoms. The van der Waals surface area contributed by atoms with E-state index in [1.54, 1.807) is 11.8 Å². The average molecular weight is 319 g/mol. The van der Waals surface area contributed by atoms with Crippen molar-refractivity contribution < 1.29 is 23.1 Å². The zero-order valence-electron chi connectivity index (χ0n) is 10.6. The van der Waals surface area contributed by atoms with Crippen LogP contribution < -0.4 is 10.0 Å². The van der Waals surface area contributed by atoms with E-state index >= 15 is 0 Å². The van der Waals surface area contributed by atoms with E-state index in [1.165, 1.54) is 0 Å². The maximum atomic E-state index is 11.7. The minimum atomic E-state index is -2.39. The number of hydrogen-bond donors (Lipinski definition) is 2. The van der Waals surface area contributed by atoms with Crippen LogP contribution in [0.2, 0.25) is 0 Å². The summed E-state index contributed by atoms with van der Waals surface area (Å²) in [6.07, 6.45) is 2.39. The van der Waals surface area contributed by atoms with Gasteiger partial charge in [-0.15, -0.1) is 11.8 Å². The quantitative estimate of drug-likeness (QED) is 0.378. The Morgan fingerprint density at radius 1 is 1.45 bits per heavy atom. The number of ether oxygens (including phenoxy) is 1. The highest BCUT2D eigenvalue weighted by Gasteiger charge is 2.50. The number of thioether (sulfide) groups is 1. The number of rotatable bonds is 6. The predicted octanol–water partition coefficient (Wildman–Crippen LogP) is -0.770. The Kier molecular flexibility index (Phi) is 5.19. The first-order valence-corrected chi connectivity index (χ1v) is 8.13. The summed E-state index contributed by atoms with van der Waals surface area (Å²) in [5.41, 5.74) is 0. The van der Waals surface area contributed by atoms with Gasteiger partial charge in [0.25, 0.3) is 0 Å². The summed E-state index contributed by atoms with van der Waals surface area (Å²) in [6.45, 7) is 3.02. The van der Waals surface area contributed by atoms with Crippen molar-refractivity contribution in [2.75, 3.05) is 6.54 Å². The predicted molar refractivity (Wildman–Crippen MR) is 73.3 cm³/mol. The van der Waals surface area contributed by atoms with Crippen molar-refractivity contribution in [3.05, 3.63) is 12.7 Å². The second-order valence-electron chi connectivity index (χ2n) is 4.55. The lowest BCUT2D eigenvalue weighted by atomic mass is 9.93. The Morgan fingerprint density at radius 3 is 2.80 bits per heavy atom. The molecule has 0 spiro atoms. The molecule has 2 aliphatic rings. The van der Waals surface area contributed by atoms with Gasteiger partial charge in [0, 0.05) is 21.8 Å². The number of nitrogens with one attached hydrogen (secondary N) is 2. The third kappa shape index (κ3) is 3.60. The van der Waals surface area contributed by atoms with Crippen LogP contribution >= 0.6 is 11.8 Å². The zero-order chi connectivity index (χ0) is 14.7. The molecule has 7 nitrogen and oxygen atoms in total. The van der Waals surface area contributed by atoms with Gasteiger partial charge in [0.1, 0.15) is 12.6 Å². The van der Waals surface area contributed by atoms with Crippen molar-refractivity contribution in [1.82, 2.24) is 10.0 Å². The van der Waals surface area contributed by atoms with Gasteiger partial charge < -0.3 is 14.6 Å². The maximum absolute atomic E-state index is 11.7. The van der Waals surface area contributed by atoms with Gasteiger partial charge in [-0.25, -0.2) is 4.72 Å². The lowest BCUT2D eigenvalue weighted by molar-refractivity contribution is -0.150. The van der Waals surface area contributed by atoms with Crippen LogP contribution in [0.15, 0.2) is 12.7 Å². The number of carbonyl (C=O) groups excluding carboxylic acids is 2. The monoisotopic (exact) mass is 319 g/mol. The Balaban J connectivity index is 1.89. The number of amides is 1. The molecule has 2 N–H and O–H groups in total. The van der Waals surface area contributed by atoms with E-state index in [0.717, 1.165) is 18.9 Å². The summed E-state index contributed by atoms with van der Waals surface area (Å²) < 4.78 is 29.3. The summed E-state index contributed by atoms with van der Waals surface area (Å²) in [5, 5.41) is 2.57. The molecule has 1 amide bonds. The van der Waals surface area contributed by atoms with Crippen LogP contribution in [-0.2, 0) is 25.6 Å². The first-order chi connectivity index (χ1) is 9.51. The molecule has 2 saturated heterocycles. The molecule has 2 aliphatic heterocycles. The fraction of sp³-hybridized carbons (Fsp3) is 0.636. The molecule has 5 unspecified atom stereocenters. The van der Waals surface area contributed by atoms with Gasteiger partial charge in [-0.3, -0.25) is 13.8 Å². The van der Waals surface area contributed by atoms with Gasteiger partial charge in [-0.2, -0.15) is 0 Å². The van der Waals surface area contributed by atoms with Crippen molar-refractivity contribution in [1.29, 1.82) is 0 Å². The lowest BCUT2D eigenvalue weighted by Crippen LogP contribution is -2.50. The van der Waals surface area contributed by atoms with Crippen molar-refractivity contribution >= 4 is 34.9 Å². The molecule has 112 valence electrons. The van der Waals surface area contributed by atoms with Crippen LogP contribution in [0.4, 0.5) is 0 Å². The fourth-order valence-corrected chi connectivity index (χ4v) is 4.84. The summed E-state index contributed by atoms with van der Waals surface area (Å²) in [4.78, 5) is 22.6. The highest BCUT2D eigenvalue weighted by molar-refractivity contribution is 8.01. The molecule has 0 radical (unpaired) electrons. The first kappa shape index (κ1) is 15.5. The molecular formula is C11H15N2O5S2-. The van der Waals surface area contributed by atoms with Crippen LogP contribution in [-0.4, -0.2) is 49.8 Å². The van der Waals surface area contributed by atoms with Crippen molar-refractivity contribution in [3.8, 4) is 0 Å². The van der Waals surface area contributed by atoms with E-state index in [4.69, 9.17) is 4.74 Å². The van der Waals surface area contributed by atoms with Crippen LogP contribution in [0.25, 0.3) is 0 Å². The number of carbonyl (C=O) groups is 2. The third-order valence-corrected chi connectivity index (χ3v) is 5.50. The number of esters is 1. The Labute approximate surface area is 123 Å². The van der Waals surface area contributed by atoms with E-state index in [0.29, 0.717) is 0 Å². The SMILES string of the molecule is C=CC(=O)NCC(=O)OC1C2CCC(S2)C1NS(=O)[O-]. The summed E-state index contributed by atoms with van der Waals surface area (Å²) in [6, 6.07) is -0.392. The summed E-state index contributed by atoms with van der Waals surface area (Å²) in [5.74, 6) is -1.04. The number of hydrogen-bond acceptors (Lipinski definition) is 6. The molecule has 0 aliphatic carbocycles. The minimum absolute atomic E-state index is 0.111. The molecule has 0 aromatic carbocycles. The third-order valence-electron chi connectivity index (χ3n) is 3.30. The minimum Gasteiger partial charge on any atom is -0.760 e. The Bertz CT molecular complexity index is 445. The van der Waals surface area contributed by atoms with Gasteiger partial charge >= 0.3 is 5.97 Å². The van der Waals surface area contributed by atoms with E-state index < -0.39 is 35.3 Å². The Morgan fingerprint density at radius 2 is 2.15 bits per heavy atom. The summed E-state index contributed by atoms with van der Waals surface area (Å²) in [7, 11) is 0. The average Bonchev–Trinajstić information content (AvgIpc) is 2.98. The van der Waals surface area contributed by atoms with E-state index in [1.807, 2.05) is 0 Å². The molecule has 0 aromatic heterocycles. The first-order valence-electron chi connectivity index (χ1n) is 6.12. The Hall–Kier alpha value is -0.900. The number of fused-ring (bicyclic) bond motifs is 2. The van der Waals surface area contributed by atoms with Crippen LogP contribution in [0.3, 0.4) is 0 Å². The molecule has 2 bridgehead atoms. The standard InChI is InChI=1S/C11H16N2O5S2/c1-2-8(14)12-5-9(15)18-11-7-4-3-6(19-7)10(11)13-20(16)17/h2,6-7,10-11,13H,1,3-5H2,(H,12,14)(H,16,17)/p-1. The van der Waals surface area contributed by atoms with E-state index in [2.05, 4.69) is 16.6 Å². The second kappa shape index (κ2) is 6.70. The molecular weight excluding hydrogens is 304 g/mol. The molecule has 2 fully saturated rings. The van der Waals surface area contributed by atoms with Crippen LogP contribution in [0.5, 0.6) is 0 Å². The fourth-order valence-electron chi connectivity index (χ4n) is 2.47. The van der Waals surface area contributed by atoms with E-state index in [-0.39, 0.29) is 17.0 Å². The van der Waals surface area contributed by atoms with Gasteiger partial charge in [-0.1, -0.05) is 6.58 Å². The van der Waals surface area contributed by atoms with Gasteiger partial charge in [0.2, 0.25) is 5.91 Å². The molecule has 2 heterocycles. The van der Waals surface area contributed by atoms with Crippen molar-refractivity contribution in [2.24, 2.45) is 0 Å². The lowest BCUT2D eigenvalue weighted by Gasteiger charge is -2.30. The maximum Gasteiger partial charge on any atom is 0.325 e.